The minimum atomic E-state index is -1.05. The van der Waals surface area contributed by atoms with Gasteiger partial charge in [-0.25, -0.2) is 9.59 Å². The quantitative estimate of drug-likeness (QED) is 0.186. The molecule has 42 heavy (non-hydrogen) atoms. The Bertz CT molecular complexity index is 1360. The normalized spacial score (nSPS) is 24.8. The molecule has 2 heterocycles. The Labute approximate surface area is 241 Å². The molecule has 6 atom stereocenters. The van der Waals surface area contributed by atoms with Gasteiger partial charge in [0.15, 0.2) is 6.10 Å². The summed E-state index contributed by atoms with van der Waals surface area (Å²) in [5.41, 5.74) is 1.47. The third-order valence-electron chi connectivity index (χ3n) is 7.12. The van der Waals surface area contributed by atoms with Crippen molar-refractivity contribution in [2.45, 2.75) is 49.7 Å². The summed E-state index contributed by atoms with van der Waals surface area (Å²) in [5.74, 6) is -0.752. The lowest BCUT2D eigenvalue weighted by atomic mass is 9.94. The second-order valence-corrected chi connectivity index (χ2v) is 9.99. The van der Waals surface area contributed by atoms with Gasteiger partial charge in [-0.15, -0.1) is 0 Å². The maximum absolute atomic E-state index is 13.1. The summed E-state index contributed by atoms with van der Waals surface area (Å²) >= 11 is 0. The third-order valence-corrected chi connectivity index (χ3v) is 7.12. The van der Waals surface area contributed by atoms with Crippen LogP contribution in [0.1, 0.15) is 22.3 Å². The number of hydrogen-bond donors (Lipinski definition) is 3. The molecule has 0 aromatic heterocycles. The number of rotatable bonds is 10. The van der Waals surface area contributed by atoms with Gasteiger partial charge in [0, 0.05) is 30.8 Å². The van der Waals surface area contributed by atoms with E-state index in [1.54, 1.807) is 12.1 Å². The molecule has 2 amide bonds. The molecule has 0 bridgehead atoms. The van der Waals surface area contributed by atoms with Crippen LogP contribution in [-0.2, 0) is 25.6 Å². The van der Waals surface area contributed by atoms with Gasteiger partial charge in [0.25, 0.3) is 5.69 Å². The lowest BCUT2D eigenvalue weighted by Gasteiger charge is -2.42. The zero-order valence-electron chi connectivity index (χ0n) is 22.5. The lowest BCUT2D eigenvalue weighted by molar-refractivity contribution is -0.384. The van der Waals surface area contributed by atoms with Crippen molar-refractivity contribution in [3.05, 3.63) is 106 Å². The highest BCUT2D eigenvalue weighted by Gasteiger charge is 2.53. The Kier molecular flexibility index (Phi) is 9.39. The number of nitrogens with zero attached hydrogens (tertiary/aromatic N) is 1. The van der Waals surface area contributed by atoms with Gasteiger partial charge < -0.3 is 34.7 Å². The number of esters is 1. The number of para-hydroxylation sites is 1. The van der Waals surface area contributed by atoms with Crippen LogP contribution in [0.4, 0.5) is 16.2 Å². The molecule has 12 heteroatoms. The van der Waals surface area contributed by atoms with Gasteiger partial charge in [-0.05, 0) is 29.8 Å². The Hall–Kier alpha value is -4.36. The largest absolute Gasteiger partial charge is 0.453 e. The molecule has 0 saturated carbocycles. The Morgan fingerprint density at radius 3 is 2.31 bits per heavy atom. The maximum Gasteiger partial charge on any atom is 0.338 e. The van der Waals surface area contributed by atoms with Crippen LogP contribution in [0, 0.1) is 10.1 Å². The molecule has 3 N–H and O–H groups in total. The summed E-state index contributed by atoms with van der Waals surface area (Å²) in [5, 5.41) is 26.8. The van der Waals surface area contributed by atoms with Gasteiger partial charge in [-0.1, -0.05) is 48.5 Å². The average Bonchev–Trinajstić information content (AvgIpc) is 3.43. The maximum atomic E-state index is 13.1. The Morgan fingerprint density at radius 2 is 1.64 bits per heavy atom. The first kappa shape index (κ1) is 29.1. The number of nitro groups is 1. The fraction of sp³-hybridized carbons (Fsp3) is 0.333. The number of benzene rings is 3. The fourth-order valence-electron chi connectivity index (χ4n) is 5.07. The summed E-state index contributed by atoms with van der Waals surface area (Å²) in [4.78, 5) is 35.9. The number of anilines is 1. The monoisotopic (exact) mass is 577 g/mol. The topological polar surface area (TPSA) is 158 Å². The van der Waals surface area contributed by atoms with E-state index in [-0.39, 0.29) is 30.4 Å². The van der Waals surface area contributed by atoms with E-state index in [0.29, 0.717) is 12.1 Å². The number of aliphatic hydroxyl groups excluding tert-OH is 1. The zero-order valence-corrected chi connectivity index (χ0v) is 22.5. The second-order valence-electron chi connectivity index (χ2n) is 9.99. The highest BCUT2D eigenvalue weighted by atomic mass is 16.6. The highest BCUT2D eigenvalue weighted by molar-refractivity contribution is 5.90. The van der Waals surface area contributed by atoms with Gasteiger partial charge in [-0.2, -0.15) is 0 Å². The molecule has 2 fully saturated rings. The van der Waals surface area contributed by atoms with Crippen molar-refractivity contribution >= 4 is 23.4 Å². The number of fused-ring (bicyclic) bond motifs is 1. The average molecular weight is 578 g/mol. The van der Waals surface area contributed by atoms with Crippen LogP contribution in [0.3, 0.4) is 0 Å². The molecule has 12 nitrogen and oxygen atoms in total. The van der Waals surface area contributed by atoms with Crippen LogP contribution in [0.5, 0.6) is 0 Å². The van der Waals surface area contributed by atoms with E-state index < -0.39 is 54.1 Å². The standard InChI is InChI=1S/C30H31N3O9/c34-17-25-27(42-29(35)20-11-13-22(14-12-20)33(37)38)28(39-18-19-7-3-1-4-8-19)26-24(41-25)15-23(40-26)16-31-30(36)32-21-9-5-2-6-10-21/h1-14,23-28,34H,15-18H2,(H2,31,32,36)/t23?,24-,25-,26+,27-,28-/m1/s1. The number of carbonyl (C=O) groups excluding carboxylic acids is 2. The molecule has 0 radical (unpaired) electrons. The second kappa shape index (κ2) is 13.5. The van der Waals surface area contributed by atoms with Crippen molar-refractivity contribution in [2.75, 3.05) is 18.5 Å². The van der Waals surface area contributed by atoms with Crippen LogP contribution in [-0.4, -0.2) is 71.8 Å². The van der Waals surface area contributed by atoms with E-state index in [1.807, 2.05) is 48.5 Å². The van der Waals surface area contributed by atoms with E-state index in [9.17, 15) is 24.8 Å². The predicted molar refractivity (Wildman–Crippen MR) is 150 cm³/mol. The number of ether oxygens (including phenoxy) is 4. The first-order valence-corrected chi connectivity index (χ1v) is 13.5. The summed E-state index contributed by atoms with van der Waals surface area (Å²) in [6.07, 6.45) is -3.92. The zero-order chi connectivity index (χ0) is 29.5. The van der Waals surface area contributed by atoms with Gasteiger partial charge in [0.1, 0.15) is 18.3 Å². The van der Waals surface area contributed by atoms with E-state index in [1.165, 1.54) is 24.3 Å². The molecule has 0 aliphatic carbocycles. The summed E-state index contributed by atoms with van der Waals surface area (Å²) in [7, 11) is 0. The molecule has 2 aliphatic rings. The number of aliphatic hydroxyl groups is 1. The van der Waals surface area contributed by atoms with E-state index in [2.05, 4.69) is 10.6 Å². The van der Waals surface area contributed by atoms with Crippen molar-refractivity contribution in [1.29, 1.82) is 0 Å². The minimum Gasteiger partial charge on any atom is -0.453 e. The molecule has 0 spiro atoms. The van der Waals surface area contributed by atoms with Crippen LogP contribution in [0.25, 0.3) is 0 Å². The van der Waals surface area contributed by atoms with Crippen molar-refractivity contribution < 1.29 is 38.6 Å². The molecular formula is C30H31N3O9. The van der Waals surface area contributed by atoms with Gasteiger partial charge in [0.05, 0.1) is 35.9 Å². The number of nitrogens with one attached hydrogen (secondary N) is 2. The molecule has 3 aromatic rings. The molecule has 5 rings (SSSR count). The molecule has 220 valence electrons. The van der Waals surface area contributed by atoms with Crippen LogP contribution < -0.4 is 10.6 Å². The van der Waals surface area contributed by atoms with E-state index in [0.717, 1.165) is 5.56 Å². The number of urea groups is 1. The first-order chi connectivity index (χ1) is 20.4. The van der Waals surface area contributed by atoms with E-state index in [4.69, 9.17) is 18.9 Å². The highest BCUT2D eigenvalue weighted by Crippen LogP contribution is 2.36. The molecule has 1 unspecified atom stereocenters. The van der Waals surface area contributed by atoms with Crippen LogP contribution >= 0.6 is 0 Å². The molecular weight excluding hydrogens is 546 g/mol. The Morgan fingerprint density at radius 1 is 0.952 bits per heavy atom. The van der Waals surface area contributed by atoms with Gasteiger partial charge in [-0.3, -0.25) is 10.1 Å². The minimum absolute atomic E-state index is 0.0973. The Balaban J connectivity index is 1.29. The first-order valence-electron chi connectivity index (χ1n) is 13.5. The fourth-order valence-corrected chi connectivity index (χ4v) is 5.07. The number of hydrogen-bond acceptors (Lipinski definition) is 9. The lowest BCUT2D eigenvalue weighted by Crippen LogP contribution is -2.59. The van der Waals surface area contributed by atoms with Crippen molar-refractivity contribution in [3.8, 4) is 0 Å². The molecule has 2 saturated heterocycles. The van der Waals surface area contributed by atoms with Crippen molar-refractivity contribution in [3.63, 3.8) is 0 Å². The summed E-state index contributed by atoms with van der Waals surface area (Å²) in [6, 6.07) is 23.1. The number of carbonyl (C=O) groups is 2. The molecule has 3 aromatic carbocycles. The van der Waals surface area contributed by atoms with Gasteiger partial charge in [0.2, 0.25) is 0 Å². The van der Waals surface area contributed by atoms with E-state index >= 15 is 0 Å². The number of nitro benzene ring substituents is 1. The van der Waals surface area contributed by atoms with Crippen molar-refractivity contribution in [2.24, 2.45) is 0 Å². The SMILES string of the molecule is O=C(NCC1C[C@H]2O[C@H](CO)[C@@H](OC(=O)c3ccc([N+](=O)[O-])cc3)[C@H](OCc3ccccc3)[C@H]2O1)Nc1ccccc1. The smallest absolute Gasteiger partial charge is 0.338 e. The van der Waals surface area contributed by atoms with Crippen LogP contribution in [0.2, 0.25) is 0 Å². The number of amides is 2. The summed E-state index contributed by atoms with van der Waals surface area (Å²) < 4.78 is 24.5. The molecule has 2 aliphatic heterocycles. The van der Waals surface area contributed by atoms with Gasteiger partial charge >= 0.3 is 12.0 Å². The number of non-ortho nitro benzene ring substituents is 1. The van der Waals surface area contributed by atoms with Crippen LogP contribution in [0.15, 0.2) is 84.9 Å². The summed E-state index contributed by atoms with van der Waals surface area (Å²) in [6.45, 7) is -0.0727. The third kappa shape index (κ3) is 7.09. The van der Waals surface area contributed by atoms with Crippen molar-refractivity contribution in [1.82, 2.24) is 5.32 Å². The predicted octanol–water partition coefficient (Wildman–Crippen LogP) is 3.44.